The number of esters is 1. The molecule has 0 heterocycles. The largest absolute Gasteiger partial charge is 0.494 e. The first-order chi connectivity index (χ1) is 13.1. The van der Waals surface area contributed by atoms with E-state index in [4.69, 9.17) is 14.2 Å². The molecule has 1 N–H and O–H groups in total. The van der Waals surface area contributed by atoms with E-state index in [0.29, 0.717) is 25.5 Å². The van der Waals surface area contributed by atoms with Crippen LogP contribution < -0.4 is 14.8 Å². The monoisotopic (exact) mass is 371 g/mol. The van der Waals surface area contributed by atoms with Crippen molar-refractivity contribution in [3.63, 3.8) is 0 Å². The Bertz CT molecular complexity index is 742. The third-order valence-corrected chi connectivity index (χ3v) is 3.79. The Balaban J connectivity index is 1.60. The normalized spacial score (nSPS) is 10.1. The van der Waals surface area contributed by atoms with Crippen molar-refractivity contribution in [1.29, 1.82) is 0 Å². The first-order valence-electron chi connectivity index (χ1n) is 8.91. The minimum absolute atomic E-state index is 0.154. The Kier molecular flexibility index (Phi) is 8.16. The lowest BCUT2D eigenvalue weighted by molar-refractivity contribution is -0.147. The summed E-state index contributed by atoms with van der Waals surface area (Å²) in [5, 5.41) is 2.65. The molecule has 0 saturated heterocycles. The van der Waals surface area contributed by atoms with Crippen LogP contribution in [0, 0.1) is 6.92 Å². The Morgan fingerprint density at radius 1 is 0.963 bits per heavy atom. The predicted octanol–water partition coefficient (Wildman–Crippen LogP) is 2.67. The Morgan fingerprint density at radius 2 is 1.63 bits per heavy atom. The van der Waals surface area contributed by atoms with E-state index in [1.54, 1.807) is 12.1 Å². The lowest BCUT2D eigenvalue weighted by Gasteiger charge is -2.09. The van der Waals surface area contributed by atoms with Crippen LogP contribution in [0.3, 0.4) is 0 Å². The van der Waals surface area contributed by atoms with Gasteiger partial charge >= 0.3 is 5.97 Å². The summed E-state index contributed by atoms with van der Waals surface area (Å²) in [7, 11) is 0. The van der Waals surface area contributed by atoms with E-state index < -0.39 is 5.97 Å². The summed E-state index contributed by atoms with van der Waals surface area (Å²) in [6.07, 6.45) is 0.154. The van der Waals surface area contributed by atoms with E-state index >= 15 is 0 Å². The highest BCUT2D eigenvalue weighted by atomic mass is 16.5. The van der Waals surface area contributed by atoms with Gasteiger partial charge in [-0.1, -0.05) is 24.3 Å². The lowest BCUT2D eigenvalue weighted by Crippen LogP contribution is -2.32. The molecule has 0 fully saturated rings. The number of nitrogens with one attached hydrogen (secondary N) is 1. The van der Waals surface area contributed by atoms with Crippen LogP contribution in [0.1, 0.15) is 18.1 Å². The first-order valence-corrected chi connectivity index (χ1v) is 8.91. The fourth-order valence-corrected chi connectivity index (χ4v) is 2.37. The highest BCUT2D eigenvalue weighted by molar-refractivity contribution is 5.81. The average Bonchev–Trinajstić information content (AvgIpc) is 2.67. The zero-order chi connectivity index (χ0) is 19.5. The number of hydrogen-bond acceptors (Lipinski definition) is 5. The first kappa shape index (κ1) is 20.3. The summed E-state index contributed by atoms with van der Waals surface area (Å²) in [5.74, 6) is 0.691. The fraction of sp³-hybridized carbons (Fsp3) is 0.333. The standard InChI is InChI=1S/C21H25NO5/c1-3-25-18-8-10-19(11-9-18)26-13-12-22-20(23)15-27-21(24)14-17-7-5-4-6-16(17)2/h4-11H,3,12-15H2,1-2H3,(H,22,23). The smallest absolute Gasteiger partial charge is 0.310 e. The van der Waals surface area contributed by atoms with E-state index in [1.165, 1.54) is 0 Å². The Labute approximate surface area is 159 Å². The fourth-order valence-electron chi connectivity index (χ4n) is 2.37. The molecule has 2 aromatic carbocycles. The maximum absolute atomic E-state index is 11.8. The van der Waals surface area contributed by atoms with Gasteiger partial charge in [0, 0.05) is 0 Å². The topological polar surface area (TPSA) is 73.9 Å². The van der Waals surface area contributed by atoms with Crippen LogP contribution in [0.25, 0.3) is 0 Å². The van der Waals surface area contributed by atoms with Crippen LogP contribution in [-0.4, -0.2) is 38.2 Å². The Morgan fingerprint density at radius 3 is 2.30 bits per heavy atom. The number of ether oxygens (including phenoxy) is 3. The quantitative estimate of drug-likeness (QED) is 0.513. The summed E-state index contributed by atoms with van der Waals surface area (Å²) in [6, 6.07) is 14.8. The van der Waals surface area contributed by atoms with Crippen molar-refractivity contribution in [3.05, 3.63) is 59.7 Å². The molecule has 2 aromatic rings. The third-order valence-electron chi connectivity index (χ3n) is 3.79. The van der Waals surface area contributed by atoms with Gasteiger partial charge in [-0.2, -0.15) is 0 Å². The van der Waals surface area contributed by atoms with Crippen LogP contribution in [-0.2, 0) is 20.7 Å². The molecule has 0 atom stereocenters. The summed E-state index contributed by atoms with van der Waals surface area (Å²) in [6.45, 7) is 4.81. The number of carbonyl (C=O) groups is 2. The summed E-state index contributed by atoms with van der Waals surface area (Å²) >= 11 is 0. The van der Waals surface area contributed by atoms with Crippen molar-refractivity contribution in [2.24, 2.45) is 0 Å². The molecular weight excluding hydrogens is 346 g/mol. The van der Waals surface area contributed by atoms with Crippen LogP contribution >= 0.6 is 0 Å². The van der Waals surface area contributed by atoms with E-state index in [2.05, 4.69) is 5.32 Å². The molecule has 0 radical (unpaired) electrons. The maximum atomic E-state index is 11.8. The molecule has 6 heteroatoms. The van der Waals surface area contributed by atoms with Crippen molar-refractivity contribution in [2.45, 2.75) is 20.3 Å². The molecule has 0 spiro atoms. The SMILES string of the molecule is CCOc1ccc(OCCNC(=O)COC(=O)Cc2ccccc2C)cc1. The van der Waals surface area contributed by atoms with Crippen molar-refractivity contribution in [2.75, 3.05) is 26.4 Å². The van der Waals surface area contributed by atoms with Crippen LogP contribution in [0.15, 0.2) is 48.5 Å². The minimum Gasteiger partial charge on any atom is -0.494 e. The van der Waals surface area contributed by atoms with Crippen LogP contribution in [0.5, 0.6) is 11.5 Å². The summed E-state index contributed by atoms with van der Waals surface area (Å²) in [4.78, 5) is 23.6. The third kappa shape index (κ3) is 7.40. The van der Waals surface area contributed by atoms with Gasteiger partial charge in [-0.15, -0.1) is 0 Å². The zero-order valence-electron chi connectivity index (χ0n) is 15.7. The van der Waals surface area contributed by atoms with E-state index in [1.807, 2.05) is 50.2 Å². The lowest BCUT2D eigenvalue weighted by atomic mass is 10.1. The van der Waals surface area contributed by atoms with Gasteiger partial charge < -0.3 is 19.5 Å². The average molecular weight is 371 g/mol. The molecule has 0 aliphatic rings. The predicted molar refractivity (Wildman–Crippen MR) is 102 cm³/mol. The molecule has 0 aliphatic heterocycles. The number of hydrogen-bond donors (Lipinski definition) is 1. The van der Waals surface area contributed by atoms with Crippen molar-refractivity contribution in [3.8, 4) is 11.5 Å². The Hall–Kier alpha value is -3.02. The van der Waals surface area contributed by atoms with Gasteiger partial charge in [0.1, 0.15) is 18.1 Å². The second kappa shape index (κ2) is 10.9. The molecule has 2 rings (SSSR count). The van der Waals surface area contributed by atoms with Gasteiger partial charge in [0.05, 0.1) is 19.6 Å². The van der Waals surface area contributed by atoms with Gasteiger partial charge in [-0.3, -0.25) is 9.59 Å². The molecule has 144 valence electrons. The highest BCUT2D eigenvalue weighted by Gasteiger charge is 2.09. The molecule has 6 nitrogen and oxygen atoms in total. The van der Waals surface area contributed by atoms with Crippen molar-refractivity contribution in [1.82, 2.24) is 5.32 Å². The minimum atomic E-state index is -0.426. The molecule has 1 amide bonds. The zero-order valence-corrected chi connectivity index (χ0v) is 15.7. The van der Waals surface area contributed by atoms with Gasteiger partial charge in [0.15, 0.2) is 6.61 Å². The number of amides is 1. The van der Waals surface area contributed by atoms with E-state index in [-0.39, 0.29) is 18.9 Å². The van der Waals surface area contributed by atoms with E-state index in [0.717, 1.165) is 16.9 Å². The number of benzene rings is 2. The molecule has 0 bridgehead atoms. The highest BCUT2D eigenvalue weighted by Crippen LogP contribution is 2.17. The van der Waals surface area contributed by atoms with Gasteiger partial charge in [-0.25, -0.2) is 0 Å². The summed E-state index contributed by atoms with van der Waals surface area (Å²) in [5.41, 5.74) is 1.91. The van der Waals surface area contributed by atoms with E-state index in [9.17, 15) is 9.59 Å². The molecule has 27 heavy (non-hydrogen) atoms. The van der Waals surface area contributed by atoms with Crippen LogP contribution in [0.4, 0.5) is 0 Å². The second-order valence-corrected chi connectivity index (χ2v) is 5.87. The molecule has 0 aromatic heterocycles. The van der Waals surface area contributed by atoms with Gasteiger partial charge in [-0.05, 0) is 49.2 Å². The molecular formula is C21H25NO5. The van der Waals surface area contributed by atoms with Gasteiger partial charge in [0.2, 0.25) is 0 Å². The maximum Gasteiger partial charge on any atom is 0.310 e. The second-order valence-electron chi connectivity index (χ2n) is 5.87. The van der Waals surface area contributed by atoms with Crippen molar-refractivity contribution >= 4 is 11.9 Å². The number of rotatable bonds is 10. The molecule has 0 aliphatic carbocycles. The van der Waals surface area contributed by atoms with Crippen molar-refractivity contribution < 1.29 is 23.8 Å². The molecule has 0 saturated carbocycles. The number of aryl methyl sites for hydroxylation is 1. The summed E-state index contributed by atoms with van der Waals surface area (Å²) < 4.78 is 15.9. The van der Waals surface area contributed by atoms with Gasteiger partial charge in [0.25, 0.3) is 5.91 Å². The molecule has 0 unspecified atom stereocenters. The number of carbonyl (C=O) groups excluding carboxylic acids is 2. The van der Waals surface area contributed by atoms with Crippen LogP contribution in [0.2, 0.25) is 0 Å².